The molecule has 1 atom stereocenters. The highest BCUT2D eigenvalue weighted by Crippen LogP contribution is 2.21. The second-order valence-corrected chi connectivity index (χ2v) is 4.63. The predicted octanol–water partition coefficient (Wildman–Crippen LogP) is 1.13. The minimum atomic E-state index is -1.47. The van der Waals surface area contributed by atoms with Crippen molar-refractivity contribution in [1.29, 1.82) is 0 Å². The maximum absolute atomic E-state index is 12.2. The predicted molar refractivity (Wildman–Crippen MR) is 74.2 cm³/mol. The minimum Gasteiger partial charge on any atom is -0.481 e. The Labute approximate surface area is 119 Å². The van der Waals surface area contributed by atoms with Gasteiger partial charge in [-0.05, 0) is 13.0 Å². The number of hydrogen-bond donors (Lipinski definition) is 4. The van der Waals surface area contributed by atoms with Crippen LogP contribution in [0.5, 0.6) is 0 Å². The van der Waals surface area contributed by atoms with Crippen LogP contribution in [0, 0.1) is 6.92 Å². The molecule has 0 spiro atoms. The number of hydrogen-bond acceptors (Lipinski definition) is 3. The summed E-state index contributed by atoms with van der Waals surface area (Å²) in [6.45, 7) is 1.70. The lowest BCUT2D eigenvalue weighted by molar-refractivity contribution is -0.145. The Balaban J connectivity index is 2.31. The van der Waals surface area contributed by atoms with E-state index in [1.807, 2.05) is 6.07 Å². The zero-order valence-electron chi connectivity index (χ0n) is 11.2. The van der Waals surface area contributed by atoms with Gasteiger partial charge in [-0.2, -0.15) is 0 Å². The number of amides is 1. The molecule has 4 N–H and O–H groups in total. The Hall–Kier alpha value is -2.83. The second-order valence-electron chi connectivity index (χ2n) is 4.63. The average Bonchev–Trinajstić information content (AvgIpc) is 2.73. The molecule has 1 aromatic carbocycles. The Morgan fingerprint density at radius 2 is 1.90 bits per heavy atom. The van der Waals surface area contributed by atoms with Crippen LogP contribution >= 0.6 is 0 Å². The topological polar surface area (TPSA) is 119 Å². The number of para-hydroxylation sites is 1. The van der Waals surface area contributed by atoms with E-state index in [2.05, 4.69) is 10.3 Å². The summed E-state index contributed by atoms with van der Waals surface area (Å²) in [4.78, 5) is 36.9. The van der Waals surface area contributed by atoms with Crippen LogP contribution in [0.1, 0.15) is 22.5 Å². The van der Waals surface area contributed by atoms with Crippen LogP contribution in [-0.4, -0.2) is 39.1 Å². The normalized spacial score (nSPS) is 12.0. The van der Waals surface area contributed by atoms with Crippen molar-refractivity contribution in [3.63, 3.8) is 0 Å². The fourth-order valence-corrected chi connectivity index (χ4v) is 2.17. The smallest absolute Gasteiger partial charge is 0.326 e. The Kier molecular flexibility index (Phi) is 3.93. The molecule has 7 nitrogen and oxygen atoms in total. The Morgan fingerprint density at radius 1 is 1.24 bits per heavy atom. The molecule has 0 radical (unpaired) electrons. The van der Waals surface area contributed by atoms with E-state index in [1.54, 1.807) is 25.1 Å². The number of carboxylic acids is 2. The molecule has 2 aromatic rings. The first-order valence-corrected chi connectivity index (χ1v) is 6.23. The maximum Gasteiger partial charge on any atom is 0.326 e. The van der Waals surface area contributed by atoms with Crippen LogP contribution < -0.4 is 5.32 Å². The highest BCUT2D eigenvalue weighted by atomic mass is 16.4. The van der Waals surface area contributed by atoms with E-state index < -0.39 is 30.3 Å². The second kappa shape index (κ2) is 5.66. The van der Waals surface area contributed by atoms with Crippen LogP contribution in [0.2, 0.25) is 0 Å². The van der Waals surface area contributed by atoms with Crippen molar-refractivity contribution in [2.45, 2.75) is 19.4 Å². The minimum absolute atomic E-state index is 0.322. The summed E-state index contributed by atoms with van der Waals surface area (Å²) in [6.07, 6.45) is -0.678. The van der Waals surface area contributed by atoms with Crippen LogP contribution in [0.15, 0.2) is 24.3 Å². The zero-order chi connectivity index (χ0) is 15.6. The summed E-state index contributed by atoms with van der Waals surface area (Å²) >= 11 is 0. The number of rotatable bonds is 5. The number of carboxylic acid groups (broad SMARTS) is 2. The summed E-state index contributed by atoms with van der Waals surface area (Å²) in [5, 5.41) is 20.6. The first kappa shape index (κ1) is 14.6. The standard InChI is InChI=1S/C14H14N2O5/c1-7-12(8-4-2-3-5-9(8)15-7)13(19)16-10(14(20)21)6-11(17)18/h2-5,10,15H,6H2,1H3,(H,16,19)(H,17,18)(H,20,21). The van der Waals surface area contributed by atoms with Crippen molar-refractivity contribution < 1.29 is 24.6 Å². The van der Waals surface area contributed by atoms with Gasteiger partial charge in [0.1, 0.15) is 6.04 Å². The quantitative estimate of drug-likeness (QED) is 0.658. The molecule has 2 rings (SSSR count). The van der Waals surface area contributed by atoms with Gasteiger partial charge < -0.3 is 20.5 Å². The summed E-state index contributed by atoms with van der Waals surface area (Å²) in [7, 11) is 0. The number of aromatic nitrogens is 1. The molecule has 0 saturated heterocycles. The summed E-state index contributed by atoms with van der Waals surface area (Å²) < 4.78 is 0. The van der Waals surface area contributed by atoms with Gasteiger partial charge >= 0.3 is 11.9 Å². The first-order chi connectivity index (χ1) is 9.90. The molecule has 1 aromatic heterocycles. The van der Waals surface area contributed by atoms with E-state index in [0.717, 1.165) is 5.52 Å². The number of carbonyl (C=O) groups is 3. The van der Waals surface area contributed by atoms with Crippen LogP contribution in [0.3, 0.4) is 0 Å². The van der Waals surface area contributed by atoms with Crippen molar-refractivity contribution in [1.82, 2.24) is 10.3 Å². The third-order valence-electron chi connectivity index (χ3n) is 3.10. The fourth-order valence-electron chi connectivity index (χ4n) is 2.17. The van der Waals surface area contributed by atoms with Crippen LogP contribution in [0.25, 0.3) is 10.9 Å². The van der Waals surface area contributed by atoms with Crippen molar-refractivity contribution >= 4 is 28.7 Å². The highest BCUT2D eigenvalue weighted by molar-refractivity contribution is 6.09. The number of H-pyrrole nitrogens is 1. The van der Waals surface area contributed by atoms with Crippen molar-refractivity contribution in [2.24, 2.45) is 0 Å². The Bertz CT molecular complexity index is 719. The van der Waals surface area contributed by atoms with E-state index >= 15 is 0 Å². The van der Waals surface area contributed by atoms with E-state index in [-0.39, 0.29) is 0 Å². The van der Waals surface area contributed by atoms with E-state index in [1.165, 1.54) is 0 Å². The maximum atomic E-state index is 12.2. The molecule has 0 bridgehead atoms. The molecule has 7 heteroatoms. The molecule has 21 heavy (non-hydrogen) atoms. The molecular formula is C14H14N2O5. The summed E-state index contributed by atoms with van der Waals surface area (Å²) in [5.74, 6) is -3.29. The molecule has 1 heterocycles. The van der Waals surface area contributed by atoms with E-state index in [4.69, 9.17) is 10.2 Å². The first-order valence-electron chi connectivity index (χ1n) is 6.23. The van der Waals surface area contributed by atoms with Crippen molar-refractivity contribution in [3.05, 3.63) is 35.5 Å². The van der Waals surface area contributed by atoms with Gasteiger partial charge in [0.15, 0.2) is 0 Å². The van der Waals surface area contributed by atoms with Gasteiger partial charge in [0, 0.05) is 16.6 Å². The van der Waals surface area contributed by atoms with Gasteiger partial charge in [0.2, 0.25) is 0 Å². The third kappa shape index (κ3) is 3.02. The molecular weight excluding hydrogens is 276 g/mol. The lowest BCUT2D eigenvalue weighted by atomic mass is 10.1. The van der Waals surface area contributed by atoms with Crippen LogP contribution in [0.4, 0.5) is 0 Å². The molecule has 1 unspecified atom stereocenters. The number of fused-ring (bicyclic) bond motifs is 1. The molecule has 0 fully saturated rings. The zero-order valence-corrected chi connectivity index (χ0v) is 11.2. The lowest BCUT2D eigenvalue weighted by Crippen LogP contribution is -2.42. The number of nitrogens with one attached hydrogen (secondary N) is 2. The molecule has 0 aliphatic heterocycles. The van der Waals surface area contributed by atoms with Gasteiger partial charge in [-0.3, -0.25) is 9.59 Å². The van der Waals surface area contributed by atoms with E-state index in [9.17, 15) is 14.4 Å². The molecule has 110 valence electrons. The molecule has 1 amide bonds. The number of aliphatic carboxylic acids is 2. The number of benzene rings is 1. The fraction of sp³-hybridized carbons (Fsp3) is 0.214. The van der Waals surface area contributed by atoms with Gasteiger partial charge in [-0.15, -0.1) is 0 Å². The van der Waals surface area contributed by atoms with Gasteiger partial charge in [-0.1, -0.05) is 18.2 Å². The van der Waals surface area contributed by atoms with Crippen molar-refractivity contribution in [3.8, 4) is 0 Å². The molecule has 0 aliphatic carbocycles. The molecule has 0 aliphatic rings. The number of aryl methyl sites for hydroxylation is 1. The highest BCUT2D eigenvalue weighted by Gasteiger charge is 2.25. The summed E-state index contributed by atoms with van der Waals surface area (Å²) in [6, 6.07) is 5.64. The summed E-state index contributed by atoms with van der Waals surface area (Å²) in [5.41, 5.74) is 1.67. The largest absolute Gasteiger partial charge is 0.481 e. The lowest BCUT2D eigenvalue weighted by Gasteiger charge is -2.12. The third-order valence-corrected chi connectivity index (χ3v) is 3.10. The SMILES string of the molecule is Cc1[nH]c2ccccc2c1C(=O)NC(CC(=O)O)C(=O)O. The van der Waals surface area contributed by atoms with E-state index in [0.29, 0.717) is 16.6 Å². The van der Waals surface area contributed by atoms with Gasteiger partial charge in [0.25, 0.3) is 5.91 Å². The average molecular weight is 290 g/mol. The van der Waals surface area contributed by atoms with Crippen molar-refractivity contribution in [2.75, 3.05) is 0 Å². The Morgan fingerprint density at radius 3 is 2.52 bits per heavy atom. The monoisotopic (exact) mass is 290 g/mol. The van der Waals surface area contributed by atoms with Crippen LogP contribution in [-0.2, 0) is 9.59 Å². The van der Waals surface area contributed by atoms with Gasteiger partial charge in [-0.25, -0.2) is 4.79 Å². The van der Waals surface area contributed by atoms with Gasteiger partial charge in [0.05, 0.1) is 12.0 Å². The number of carbonyl (C=O) groups excluding carboxylic acids is 1. The number of aromatic amines is 1. The molecule has 0 saturated carbocycles.